The molecule has 3 aromatic rings. The zero-order valence-corrected chi connectivity index (χ0v) is 17.4. The minimum Gasteiger partial charge on any atom is -0.456 e. The molecule has 0 atom stereocenters. The van der Waals surface area contributed by atoms with Gasteiger partial charge in [-0.05, 0) is 42.6 Å². The maximum Gasteiger partial charge on any atom is 0.306 e. The van der Waals surface area contributed by atoms with Gasteiger partial charge in [-0.3, -0.25) is 14.4 Å². The first-order chi connectivity index (χ1) is 14.5. The third-order valence-electron chi connectivity index (χ3n) is 4.75. The number of rotatable bonds is 8. The van der Waals surface area contributed by atoms with Gasteiger partial charge in [0.05, 0.1) is 12.1 Å². The summed E-state index contributed by atoms with van der Waals surface area (Å²) in [5.74, 6) is -1.08. The highest BCUT2D eigenvalue weighted by molar-refractivity contribution is 6.30. The number of anilines is 1. The molecule has 30 heavy (non-hydrogen) atoms. The summed E-state index contributed by atoms with van der Waals surface area (Å²) in [7, 11) is 0. The van der Waals surface area contributed by atoms with Crippen LogP contribution in [0.2, 0.25) is 5.02 Å². The topological polar surface area (TPSA) is 63.7 Å². The molecule has 154 valence electrons. The molecule has 0 aliphatic heterocycles. The van der Waals surface area contributed by atoms with E-state index in [2.05, 4.69) is 0 Å². The molecule has 0 N–H and O–H groups in total. The van der Waals surface area contributed by atoms with E-state index in [0.29, 0.717) is 17.1 Å². The average molecular weight is 424 g/mol. The number of fused-ring (bicyclic) bond motifs is 1. The van der Waals surface area contributed by atoms with Crippen molar-refractivity contribution in [3.8, 4) is 0 Å². The van der Waals surface area contributed by atoms with Gasteiger partial charge in [-0.25, -0.2) is 0 Å². The van der Waals surface area contributed by atoms with Crippen LogP contribution in [0.5, 0.6) is 0 Å². The monoisotopic (exact) mass is 423 g/mol. The van der Waals surface area contributed by atoms with Gasteiger partial charge < -0.3 is 9.64 Å². The molecule has 0 fully saturated rings. The van der Waals surface area contributed by atoms with Crippen LogP contribution in [-0.2, 0) is 14.3 Å². The van der Waals surface area contributed by atoms with Gasteiger partial charge in [-0.15, -0.1) is 0 Å². The van der Waals surface area contributed by atoms with Crippen molar-refractivity contribution in [1.82, 2.24) is 0 Å². The SMILES string of the molecule is CCN(C(=O)COC(=O)CCC(=O)c1ccc(Cl)cc1)c1cccc2ccccc12. The second-order valence-corrected chi connectivity index (χ2v) is 7.16. The Hall–Kier alpha value is -3.18. The van der Waals surface area contributed by atoms with Crippen LogP contribution in [0.15, 0.2) is 66.7 Å². The van der Waals surface area contributed by atoms with Gasteiger partial charge in [-0.2, -0.15) is 0 Å². The zero-order valence-electron chi connectivity index (χ0n) is 16.6. The van der Waals surface area contributed by atoms with E-state index in [1.54, 1.807) is 29.2 Å². The molecule has 6 heteroatoms. The Labute approximate surface area is 180 Å². The van der Waals surface area contributed by atoms with Crippen molar-refractivity contribution in [3.63, 3.8) is 0 Å². The lowest BCUT2D eigenvalue weighted by Gasteiger charge is -2.22. The van der Waals surface area contributed by atoms with Crippen molar-refractivity contribution >= 4 is 45.7 Å². The second kappa shape index (κ2) is 10.0. The lowest BCUT2D eigenvalue weighted by molar-refractivity contribution is -0.147. The molecule has 0 spiro atoms. The molecule has 0 saturated carbocycles. The smallest absolute Gasteiger partial charge is 0.306 e. The Kier molecular flexibility index (Phi) is 7.20. The van der Waals surface area contributed by atoms with E-state index < -0.39 is 5.97 Å². The van der Waals surface area contributed by atoms with E-state index in [1.807, 2.05) is 49.4 Å². The van der Waals surface area contributed by atoms with Crippen molar-refractivity contribution in [1.29, 1.82) is 0 Å². The summed E-state index contributed by atoms with van der Waals surface area (Å²) >= 11 is 5.81. The first-order valence-corrected chi connectivity index (χ1v) is 10.1. The van der Waals surface area contributed by atoms with Gasteiger partial charge in [0, 0.05) is 28.9 Å². The summed E-state index contributed by atoms with van der Waals surface area (Å²) < 4.78 is 5.12. The number of hydrogen-bond donors (Lipinski definition) is 0. The fourth-order valence-corrected chi connectivity index (χ4v) is 3.34. The highest BCUT2D eigenvalue weighted by Gasteiger charge is 2.18. The Balaban J connectivity index is 1.56. The van der Waals surface area contributed by atoms with Crippen molar-refractivity contribution in [3.05, 3.63) is 77.3 Å². The number of carbonyl (C=O) groups excluding carboxylic acids is 3. The molecule has 3 rings (SSSR count). The molecular formula is C24H22ClNO4. The summed E-state index contributed by atoms with van der Waals surface area (Å²) in [6.45, 7) is 1.94. The van der Waals surface area contributed by atoms with Crippen LogP contribution in [0.25, 0.3) is 10.8 Å². The van der Waals surface area contributed by atoms with Gasteiger partial charge in [0.25, 0.3) is 5.91 Å². The van der Waals surface area contributed by atoms with Crippen LogP contribution in [0.3, 0.4) is 0 Å². The fraction of sp³-hybridized carbons (Fsp3) is 0.208. The number of carbonyl (C=O) groups is 3. The lowest BCUT2D eigenvalue weighted by Crippen LogP contribution is -2.34. The number of ketones is 1. The molecule has 0 aliphatic rings. The Bertz CT molecular complexity index is 1060. The molecule has 0 bridgehead atoms. The minimum atomic E-state index is -0.584. The predicted molar refractivity (Wildman–Crippen MR) is 118 cm³/mol. The zero-order chi connectivity index (χ0) is 21.5. The first-order valence-electron chi connectivity index (χ1n) is 9.72. The third kappa shape index (κ3) is 5.24. The van der Waals surface area contributed by atoms with Crippen LogP contribution in [-0.4, -0.2) is 30.8 Å². The summed E-state index contributed by atoms with van der Waals surface area (Å²) in [4.78, 5) is 38.4. The number of amides is 1. The lowest BCUT2D eigenvalue weighted by atomic mass is 10.1. The van der Waals surface area contributed by atoms with Crippen LogP contribution < -0.4 is 4.90 Å². The highest BCUT2D eigenvalue weighted by Crippen LogP contribution is 2.26. The Morgan fingerprint density at radius 2 is 1.60 bits per heavy atom. The van der Waals surface area contributed by atoms with Crippen molar-refractivity contribution in [2.45, 2.75) is 19.8 Å². The third-order valence-corrected chi connectivity index (χ3v) is 5.01. The summed E-state index contributed by atoms with van der Waals surface area (Å²) in [6.07, 6.45) is -0.0788. The number of ether oxygens (including phenoxy) is 1. The Morgan fingerprint density at radius 1 is 0.900 bits per heavy atom. The van der Waals surface area contributed by atoms with E-state index in [4.69, 9.17) is 16.3 Å². The highest BCUT2D eigenvalue weighted by atomic mass is 35.5. The number of halogens is 1. The van der Waals surface area contributed by atoms with Crippen molar-refractivity contribution < 1.29 is 19.1 Å². The summed E-state index contributed by atoms with van der Waals surface area (Å²) in [5.41, 5.74) is 1.26. The van der Waals surface area contributed by atoms with Crippen molar-refractivity contribution in [2.24, 2.45) is 0 Å². The maximum absolute atomic E-state index is 12.7. The molecule has 3 aromatic carbocycles. The normalized spacial score (nSPS) is 10.6. The quantitative estimate of drug-likeness (QED) is 0.375. The molecule has 1 amide bonds. The summed E-state index contributed by atoms with van der Waals surface area (Å²) in [5, 5.41) is 2.52. The standard InChI is InChI=1S/C24H22ClNO4/c1-2-26(21-9-5-7-17-6-3-4-8-20(17)21)23(28)16-30-24(29)15-14-22(27)18-10-12-19(25)13-11-18/h3-13H,2,14-16H2,1H3. The van der Waals surface area contributed by atoms with Gasteiger partial charge in [0.15, 0.2) is 12.4 Å². The van der Waals surface area contributed by atoms with Crippen LogP contribution in [0.1, 0.15) is 30.1 Å². The van der Waals surface area contributed by atoms with Crippen molar-refractivity contribution in [2.75, 3.05) is 18.1 Å². The van der Waals surface area contributed by atoms with Gasteiger partial charge in [0.1, 0.15) is 0 Å². The molecule has 5 nitrogen and oxygen atoms in total. The number of nitrogens with zero attached hydrogens (tertiary/aromatic N) is 1. The molecular weight excluding hydrogens is 402 g/mol. The van der Waals surface area contributed by atoms with Gasteiger partial charge in [0.2, 0.25) is 0 Å². The molecule has 0 saturated heterocycles. The molecule has 0 aliphatic carbocycles. The van der Waals surface area contributed by atoms with Gasteiger partial charge in [-0.1, -0.05) is 48.0 Å². The van der Waals surface area contributed by atoms with E-state index in [-0.39, 0.29) is 31.1 Å². The largest absolute Gasteiger partial charge is 0.456 e. The van der Waals surface area contributed by atoms with Crippen LogP contribution in [0, 0.1) is 0 Å². The van der Waals surface area contributed by atoms with Crippen LogP contribution >= 0.6 is 11.6 Å². The number of hydrogen-bond acceptors (Lipinski definition) is 4. The molecule has 0 heterocycles. The maximum atomic E-state index is 12.7. The first kappa shape index (κ1) is 21.5. The number of likely N-dealkylation sites (N-methyl/N-ethyl adjacent to an activating group) is 1. The second-order valence-electron chi connectivity index (χ2n) is 6.73. The van der Waals surface area contributed by atoms with Gasteiger partial charge >= 0.3 is 5.97 Å². The number of benzene rings is 3. The summed E-state index contributed by atoms with van der Waals surface area (Å²) in [6, 6.07) is 20.0. The van der Waals surface area contributed by atoms with E-state index in [9.17, 15) is 14.4 Å². The van der Waals surface area contributed by atoms with E-state index in [0.717, 1.165) is 16.5 Å². The molecule has 0 radical (unpaired) electrons. The minimum absolute atomic E-state index is 0.00940. The van der Waals surface area contributed by atoms with E-state index in [1.165, 1.54) is 0 Å². The number of esters is 1. The Morgan fingerprint density at radius 3 is 2.33 bits per heavy atom. The average Bonchev–Trinajstić information content (AvgIpc) is 2.77. The number of Topliss-reactive ketones (excluding diaryl/α,β-unsaturated/α-hetero) is 1. The fourth-order valence-electron chi connectivity index (χ4n) is 3.21. The molecule has 0 aromatic heterocycles. The van der Waals surface area contributed by atoms with Crippen LogP contribution in [0.4, 0.5) is 5.69 Å². The van der Waals surface area contributed by atoms with E-state index >= 15 is 0 Å². The molecule has 0 unspecified atom stereocenters. The predicted octanol–water partition coefficient (Wildman–Crippen LogP) is 5.05.